The Balaban J connectivity index is 1.67. The van der Waals surface area contributed by atoms with Gasteiger partial charge in [-0.1, -0.05) is 10.3 Å². The molecular weight excluding hydrogens is 294 g/mol. The lowest BCUT2D eigenvalue weighted by molar-refractivity contribution is 0.122. The van der Waals surface area contributed by atoms with E-state index in [0.29, 0.717) is 49.2 Å². The van der Waals surface area contributed by atoms with Crippen LogP contribution in [0.2, 0.25) is 0 Å². The lowest BCUT2D eigenvalue weighted by Crippen LogP contribution is -2.36. The largest absolute Gasteiger partial charge is 0.378 e. The van der Waals surface area contributed by atoms with Crippen LogP contribution in [0.5, 0.6) is 0 Å². The van der Waals surface area contributed by atoms with Gasteiger partial charge in [0, 0.05) is 13.1 Å². The fourth-order valence-corrected chi connectivity index (χ4v) is 2.15. The molecule has 0 radical (unpaired) electrons. The zero-order valence-corrected chi connectivity index (χ0v) is 11.6. The lowest BCUT2D eigenvalue weighted by Gasteiger charge is -2.26. The molecule has 0 saturated carbocycles. The van der Waals surface area contributed by atoms with Crippen molar-refractivity contribution in [2.24, 2.45) is 0 Å². The van der Waals surface area contributed by atoms with Crippen LogP contribution in [0.4, 0.5) is 5.82 Å². The highest BCUT2D eigenvalue weighted by Crippen LogP contribution is 2.28. The van der Waals surface area contributed by atoms with Gasteiger partial charge in [-0.15, -0.1) is 0 Å². The van der Waals surface area contributed by atoms with Gasteiger partial charge in [0.2, 0.25) is 11.6 Å². The van der Waals surface area contributed by atoms with E-state index in [1.165, 1.54) is 0 Å². The van der Waals surface area contributed by atoms with Crippen molar-refractivity contribution in [1.29, 1.82) is 0 Å². The molecule has 0 amide bonds. The Morgan fingerprint density at radius 1 is 0.909 bits per heavy atom. The third-order valence-electron chi connectivity index (χ3n) is 3.27. The van der Waals surface area contributed by atoms with Crippen LogP contribution in [0.1, 0.15) is 5.69 Å². The summed E-state index contributed by atoms with van der Waals surface area (Å²) < 4.78 is 19.9. The fraction of sp³-hybridized carbons (Fsp3) is 0.455. The van der Waals surface area contributed by atoms with Gasteiger partial charge in [0.1, 0.15) is 5.69 Å². The summed E-state index contributed by atoms with van der Waals surface area (Å²) >= 11 is 0. The van der Waals surface area contributed by atoms with Crippen LogP contribution in [0.3, 0.4) is 0 Å². The van der Waals surface area contributed by atoms with E-state index < -0.39 is 0 Å². The van der Waals surface area contributed by atoms with E-state index in [2.05, 4.69) is 35.4 Å². The Hall–Kier alpha value is -2.82. The smallest absolute Gasteiger partial charge is 0.282 e. The number of anilines is 1. The third kappa shape index (κ3) is 2.11. The maximum absolute atomic E-state index is 5.31. The van der Waals surface area contributed by atoms with E-state index in [1.54, 1.807) is 6.92 Å². The van der Waals surface area contributed by atoms with Crippen molar-refractivity contribution < 1.29 is 18.5 Å². The quantitative estimate of drug-likeness (QED) is 0.662. The molecule has 1 saturated heterocycles. The predicted octanol–water partition coefficient (Wildman–Crippen LogP) is 0.315. The SMILES string of the molecule is Cc1nonc1-c1nc(-c2nonc2N2CCOCC2)no1. The highest BCUT2D eigenvalue weighted by atomic mass is 16.6. The molecule has 0 unspecified atom stereocenters. The second-order valence-electron chi connectivity index (χ2n) is 4.66. The molecule has 4 heterocycles. The summed E-state index contributed by atoms with van der Waals surface area (Å²) in [5.74, 6) is 1.02. The lowest BCUT2D eigenvalue weighted by atomic mass is 10.3. The van der Waals surface area contributed by atoms with Gasteiger partial charge in [0.25, 0.3) is 5.89 Å². The molecule has 3 aromatic rings. The first-order valence-corrected chi connectivity index (χ1v) is 6.62. The van der Waals surface area contributed by atoms with Gasteiger partial charge in [0.05, 0.1) is 13.2 Å². The monoisotopic (exact) mass is 305 g/mol. The summed E-state index contributed by atoms with van der Waals surface area (Å²) in [5.41, 5.74) is 1.36. The standard InChI is InChI=1S/C11H11N7O4/c1-6-7(14-21-13-6)11-12-9(16-20-11)8-10(17-22-15-8)18-2-4-19-5-3-18/h2-5H2,1H3. The molecule has 0 N–H and O–H groups in total. The Bertz CT molecular complexity index is 773. The zero-order chi connectivity index (χ0) is 14.9. The third-order valence-corrected chi connectivity index (χ3v) is 3.27. The first-order chi connectivity index (χ1) is 10.8. The normalized spacial score (nSPS) is 15.4. The fourth-order valence-electron chi connectivity index (χ4n) is 2.15. The highest BCUT2D eigenvalue weighted by Gasteiger charge is 2.26. The second kappa shape index (κ2) is 5.18. The predicted molar refractivity (Wildman–Crippen MR) is 68.7 cm³/mol. The maximum Gasteiger partial charge on any atom is 0.282 e. The molecule has 1 fully saturated rings. The number of morpholine rings is 1. The Kier molecular flexibility index (Phi) is 3.04. The minimum Gasteiger partial charge on any atom is -0.378 e. The first kappa shape index (κ1) is 12.9. The second-order valence-corrected chi connectivity index (χ2v) is 4.66. The summed E-state index contributed by atoms with van der Waals surface area (Å²) in [4.78, 5) is 6.25. The minimum atomic E-state index is 0.199. The summed E-state index contributed by atoms with van der Waals surface area (Å²) in [5, 5.41) is 19.1. The van der Waals surface area contributed by atoms with E-state index in [-0.39, 0.29) is 11.7 Å². The Labute approximate surface area is 123 Å². The molecule has 1 aliphatic heterocycles. The number of nitrogens with zero attached hydrogens (tertiary/aromatic N) is 7. The number of aryl methyl sites for hydroxylation is 1. The van der Waals surface area contributed by atoms with Gasteiger partial charge in [-0.2, -0.15) is 4.98 Å². The number of ether oxygens (including phenoxy) is 1. The van der Waals surface area contributed by atoms with Crippen molar-refractivity contribution in [1.82, 2.24) is 30.8 Å². The summed E-state index contributed by atoms with van der Waals surface area (Å²) in [6, 6.07) is 0. The first-order valence-electron chi connectivity index (χ1n) is 6.62. The highest BCUT2D eigenvalue weighted by molar-refractivity contribution is 5.67. The Morgan fingerprint density at radius 2 is 1.68 bits per heavy atom. The molecule has 1 aliphatic rings. The maximum atomic E-state index is 5.31. The van der Waals surface area contributed by atoms with E-state index in [4.69, 9.17) is 13.9 Å². The molecule has 22 heavy (non-hydrogen) atoms. The van der Waals surface area contributed by atoms with Gasteiger partial charge in [-0.25, -0.2) is 9.26 Å². The van der Waals surface area contributed by atoms with Crippen molar-refractivity contribution in [3.63, 3.8) is 0 Å². The molecule has 0 spiro atoms. The van der Waals surface area contributed by atoms with Crippen LogP contribution in [0.25, 0.3) is 23.1 Å². The number of hydrogen-bond acceptors (Lipinski definition) is 11. The van der Waals surface area contributed by atoms with E-state index in [1.807, 2.05) is 4.90 Å². The molecular formula is C11H11N7O4. The average Bonchev–Trinajstić information content (AvgIpc) is 3.27. The van der Waals surface area contributed by atoms with Crippen molar-refractivity contribution in [3.8, 4) is 23.1 Å². The zero-order valence-electron chi connectivity index (χ0n) is 11.6. The van der Waals surface area contributed by atoms with Gasteiger partial charge >= 0.3 is 0 Å². The summed E-state index contributed by atoms with van der Waals surface area (Å²) in [6.07, 6.45) is 0. The van der Waals surface area contributed by atoms with Crippen molar-refractivity contribution in [2.75, 3.05) is 31.2 Å². The van der Waals surface area contributed by atoms with Crippen LogP contribution < -0.4 is 4.90 Å². The molecule has 11 heteroatoms. The Morgan fingerprint density at radius 3 is 2.45 bits per heavy atom. The van der Waals surface area contributed by atoms with Gasteiger partial charge in [-0.3, -0.25) is 0 Å². The molecule has 0 bridgehead atoms. The average molecular weight is 305 g/mol. The van der Waals surface area contributed by atoms with Gasteiger partial charge < -0.3 is 14.2 Å². The van der Waals surface area contributed by atoms with Crippen LogP contribution in [-0.2, 0) is 4.74 Å². The topological polar surface area (TPSA) is 129 Å². The molecule has 0 aromatic carbocycles. The van der Waals surface area contributed by atoms with E-state index >= 15 is 0 Å². The van der Waals surface area contributed by atoms with Gasteiger partial charge in [-0.05, 0) is 22.4 Å². The summed E-state index contributed by atoms with van der Waals surface area (Å²) in [7, 11) is 0. The molecule has 0 aliphatic carbocycles. The van der Waals surface area contributed by atoms with Crippen molar-refractivity contribution in [3.05, 3.63) is 5.69 Å². The van der Waals surface area contributed by atoms with Crippen molar-refractivity contribution in [2.45, 2.75) is 6.92 Å². The molecule has 0 atom stereocenters. The van der Waals surface area contributed by atoms with E-state index in [0.717, 1.165) is 0 Å². The van der Waals surface area contributed by atoms with Crippen LogP contribution in [-0.4, -0.2) is 57.1 Å². The molecule has 114 valence electrons. The number of rotatable bonds is 3. The summed E-state index contributed by atoms with van der Waals surface area (Å²) in [6.45, 7) is 4.35. The van der Waals surface area contributed by atoms with E-state index in [9.17, 15) is 0 Å². The van der Waals surface area contributed by atoms with Crippen molar-refractivity contribution >= 4 is 5.82 Å². The molecule has 11 nitrogen and oxygen atoms in total. The minimum absolute atomic E-state index is 0.199. The van der Waals surface area contributed by atoms with Gasteiger partial charge in [0.15, 0.2) is 11.4 Å². The van der Waals surface area contributed by atoms with Crippen LogP contribution >= 0.6 is 0 Å². The number of aromatic nitrogens is 6. The molecule has 3 aromatic heterocycles. The van der Waals surface area contributed by atoms with Crippen LogP contribution in [0.15, 0.2) is 13.8 Å². The van der Waals surface area contributed by atoms with Crippen LogP contribution in [0, 0.1) is 6.92 Å². The molecule has 4 rings (SSSR count). The number of hydrogen-bond donors (Lipinski definition) is 0.